The van der Waals surface area contributed by atoms with E-state index in [1.807, 2.05) is 0 Å². The average Bonchev–Trinajstić information content (AvgIpc) is 2.77. The van der Waals surface area contributed by atoms with E-state index in [0.717, 1.165) is 12.1 Å². The molecule has 0 bridgehead atoms. The molecule has 0 saturated heterocycles. The molecule has 0 saturated carbocycles. The normalized spacial score (nSPS) is 11.8. The average molecular weight is 291 g/mol. The fraction of sp³-hybridized carbons (Fsp3) is 0.333. The third-order valence-electron chi connectivity index (χ3n) is 2.45. The van der Waals surface area contributed by atoms with Crippen molar-refractivity contribution < 1.29 is 17.6 Å². The van der Waals surface area contributed by atoms with Crippen LogP contribution in [0.1, 0.15) is 22.9 Å². The maximum absolute atomic E-state index is 12.4. The van der Waals surface area contributed by atoms with E-state index < -0.39 is 11.7 Å². The fourth-order valence-electron chi connectivity index (χ4n) is 1.53. The van der Waals surface area contributed by atoms with Gasteiger partial charge in [-0.15, -0.1) is 21.8 Å². The van der Waals surface area contributed by atoms with Crippen LogP contribution in [0, 0.1) is 0 Å². The van der Waals surface area contributed by atoms with Gasteiger partial charge in [-0.1, -0.05) is 12.1 Å². The standard InChI is InChI=1S/C12H10ClF3N2O/c13-6-5-10-17-18-11(19-10)7-8-1-3-9(4-2-8)12(14,15)16/h1-4H,5-7H2. The lowest BCUT2D eigenvalue weighted by Gasteiger charge is -2.06. The molecule has 1 aromatic heterocycles. The highest BCUT2D eigenvalue weighted by atomic mass is 35.5. The molecule has 102 valence electrons. The summed E-state index contributed by atoms with van der Waals surface area (Å²) in [7, 11) is 0. The Morgan fingerprint density at radius 3 is 2.26 bits per heavy atom. The zero-order valence-corrected chi connectivity index (χ0v) is 10.5. The summed E-state index contributed by atoms with van der Waals surface area (Å²) >= 11 is 5.53. The summed E-state index contributed by atoms with van der Waals surface area (Å²) in [6, 6.07) is 4.86. The van der Waals surface area contributed by atoms with Crippen molar-refractivity contribution in [1.82, 2.24) is 10.2 Å². The molecule has 0 N–H and O–H groups in total. The van der Waals surface area contributed by atoms with Crippen LogP contribution in [0.2, 0.25) is 0 Å². The predicted octanol–water partition coefficient (Wildman–Crippen LogP) is 3.46. The summed E-state index contributed by atoms with van der Waals surface area (Å²) < 4.78 is 42.4. The number of aromatic nitrogens is 2. The van der Waals surface area contributed by atoms with Crippen molar-refractivity contribution in [1.29, 1.82) is 0 Å². The Morgan fingerprint density at radius 1 is 1.05 bits per heavy atom. The smallest absolute Gasteiger partial charge is 0.416 e. The molecule has 3 nitrogen and oxygen atoms in total. The molecule has 0 aliphatic carbocycles. The maximum atomic E-state index is 12.4. The van der Waals surface area contributed by atoms with Crippen LogP contribution in [0.5, 0.6) is 0 Å². The van der Waals surface area contributed by atoms with Gasteiger partial charge in [-0.2, -0.15) is 13.2 Å². The Labute approximate surface area is 112 Å². The molecule has 0 radical (unpaired) electrons. The lowest BCUT2D eigenvalue weighted by Crippen LogP contribution is -2.04. The number of halogens is 4. The molecular formula is C12H10ClF3N2O. The van der Waals surface area contributed by atoms with Crippen LogP contribution in [0.4, 0.5) is 13.2 Å². The first kappa shape index (κ1) is 13.9. The van der Waals surface area contributed by atoms with Gasteiger partial charge >= 0.3 is 6.18 Å². The van der Waals surface area contributed by atoms with E-state index >= 15 is 0 Å². The SMILES string of the molecule is FC(F)(F)c1ccc(Cc2nnc(CCCl)o2)cc1. The molecule has 0 aliphatic rings. The van der Waals surface area contributed by atoms with Gasteiger partial charge < -0.3 is 4.42 Å². The number of aryl methyl sites for hydroxylation is 1. The third-order valence-corrected chi connectivity index (χ3v) is 2.64. The predicted molar refractivity (Wildman–Crippen MR) is 63.0 cm³/mol. The molecule has 0 unspecified atom stereocenters. The van der Waals surface area contributed by atoms with Crippen molar-refractivity contribution in [2.45, 2.75) is 19.0 Å². The van der Waals surface area contributed by atoms with E-state index in [1.54, 1.807) is 0 Å². The van der Waals surface area contributed by atoms with Gasteiger partial charge in [0.05, 0.1) is 12.0 Å². The van der Waals surface area contributed by atoms with Crippen molar-refractivity contribution in [3.63, 3.8) is 0 Å². The molecule has 0 atom stereocenters. The molecule has 1 heterocycles. The number of rotatable bonds is 4. The number of alkyl halides is 4. The number of hydrogen-bond donors (Lipinski definition) is 0. The van der Waals surface area contributed by atoms with Crippen molar-refractivity contribution in [3.05, 3.63) is 47.2 Å². The van der Waals surface area contributed by atoms with Gasteiger partial charge in [0.15, 0.2) is 0 Å². The molecule has 2 aromatic rings. The van der Waals surface area contributed by atoms with Crippen LogP contribution in [0.3, 0.4) is 0 Å². The second-order valence-electron chi connectivity index (χ2n) is 3.90. The first-order valence-electron chi connectivity index (χ1n) is 5.52. The maximum Gasteiger partial charge on any atom is 0.416 e. The third kappa shape index (κ3) is 3.70. The van der Waals surface area contributed by atoms with Gasteiger partial charge in [0.25, 0.3) is 0 Å². The van der Waals surface area contributed by atoms with Crippen LogP contribution in [-0.4, -0.2) is 16.1 Å². The Balaban J connectivity index is 2.06. The van der Waals surface area contributed by atoms with Gasteiger partial charge in [0.2, 0.25) is 11.8 Å². The van der Waals surface area contributed by atoms with Crippen molar-refractivity contribution in [2.24, 2.45) is 0 Å². The lowest BCUT2D eigenvalue weighted by molar-refractivity contribution is -0.137. The second kappa shape index (κ2) is 5.61. The second-order valence-corrected chi connectivity index (χ2v) is 4.28. The Hall–Kier alpha value is -1.56. The Bertz CT molecular complexity index is 537. The summed E-state index contributed by atoms with van der Waals surface area (Å²) in [5.41, 5.74) is -0.00122. The molecule has 0 amide bonds. The first-order chi connectivity index (χ1) is 8.99. The molecule has 1 aromatic carbocycles. The van der Waals surface area contributed by atoms with E-state index in [0.29, 0.717) is 36.1 Å². The largest absolute Gasteiger partial charge is 0.425 e. The topological polar surface area (TPSA) is 38.9 Å². The van der Waals surface area contributed by atoms with Gasteiger partial charge in [-0.25, -0.2) is 0 Å². The van der Waals surface area contributed by atoms with E-state index in [1.165, 1.54) is 12.1 Å². The van der Waals surface area contributed by atoms with Crippen LogP contribution >= 0.6 is 11.6 Å². The van der Waals surface area contributed by atoms with Gasteiger partial charge in [-0.05, 0) is 17.7 Å². The monoisotopic (exact) mass is 290 g/mol. The number of benzene rings is 1. The Kier molecular flexibility index (Phi) is 4.09. The van der Waals surface area contributed by atoms with Crippen LogP contribution < -0.4 is 0 Å². The number of hydrogen-bond acceptors (Lipinski definition) is 3. The summed E-state index contributed by atoms with van der Waals surface area (Å²) in [6.07, 6.45) is -3.55. The van der Waals surface area contributed by atoms with Gasteiger partial charge in [-0.3, -0.25) is 0 Å². The molecule has 0 aliphatic heterocycles. The molecule has 0 fully saturated rings. The fourth-order valence-corrected chi connectivity index (χ4v) is 1.69. The van der Waals surface area contributed by atoms with Crippen molar-refractivity contribution >= 4 is 11.6 Å². The minimum absolute atomic E-state index is 0.299. The van der Waals surface area contributed by atoms with E-state index in [9.17, 15) is 13.2 Å². The molecular weight excluding hydrogens is 281 g/mol. The summed E-state index contributed by atoms with van der Waals surface area (Å²) in [4.78, 5) is 0. The summed E-state index contributed by atoms with van der Waals surface area (Å²) in [5, 5.41) is 7.58. The highest BCUT2D eigenvalue weighted by Crippen LogP contribution is 2.29. The summed E-state index contributed by atoms with van der Waals surface area (Å²) in [5.74, 6) is 1.17. The van der Waals surface area contributed by atoms with E-state index in [4.69, 9.17) is 16.0 Å². The zero-order valence-electron chi connectivity index (χ0n) is 9.75. The van der Waals surface area contributed by atoms with Crippen LogP contribution in [0.25, 0.3) is 0 Å². The Morgan fingerprint density at radius 2 is 1.68 bits per heavy atom. The summed E-state index contributed by atoms with van der Waals surface area (Å²) in [6.45, 7) is 0. The van der Waals surface area contributed by atoms with Crippen molar-refractivity contribution in [2.75, 3.05) is 5.88 Å². The van der Waals surface area contributed by atoms with Crippen LogP contribution in [0.15, 0.2) is 28.7 Å². The molecule has 0 spiro atoms. The molecule has 19 heavy (non-hydrogen) atoms. The van der Waals surface area contributed by atoms with E-state index in [-0.39, 0.29) is 0 Å². The minimum atomic E-state index is -4.32. The number of nitrogens with zero attached hydrogens (tertiary/aromatic N) is 2. The highest BCUT2D eigenvalue weighted by Gasteiger charge is 2.29. The van der Waals surface area contributed by atoms with E-state index in [2.05, 4.69) is 10.2 Å². The van der Waals surface area contributed by atoms with Gasteiger partial charge in [0, 0.05) is 12.3 Å². The minimum Gasteiger partial charge on any atom is -0.425 e. The molecule has 2 rings (SSSR count). The lowest BCUT2D eigenvalue weighted by atomic mass is 10.1. The molecule has 7 heteroatoms. The van der Waals surface area contributed by atoms with Crippen molar-refractivity contribution in [3.8, 4) is 0 Å². The first-order valence-corrected chi connectivity index (χ1v) is 6.06. The van der Waals surface area contributed by atoms with Gasteiger partial charge in [0.1, 0.15) is 0 Å². The quantitative estimate of drug-likeness (QED) is 0.810. The van der Waals surface area contributed by atoms with Crippen LogP contribution in [-0.2, 0) is 19.0 Å². The highest BCUT2D eigenvalue weighted by molar-refractivity contribution is 6.17. The zero-order chi connectivity index (χ0) is 13.9.